The minimum atomic E-state index is 0.0243. The Bertz CT molecular complexity index is 536. The first kappa shape index (κ1) is 11.8. The van der Waals surface area contributed by atoms with Gasteiger partial charge in [0.05, 0.1) is 0 Å². The fourth-order valence-electron chi connectivity index (χ4n) is 1.25. The number of rotatable bonds is 2. The predicted molar refractivity (Wildman–Crippen MR) is 54.8 cm³/mol. The van der Waals surface area contributed by atoms with Crippen molar-refractivity contribution in [2.45, 2.75) is 6.92 Å². The van der Waals surface area contributed by atoms with Crippen LogP contribution in [0, 0.1) is 49.7 Å². The molecule has 16 heavy (non-hydrogen) atoms. The van der Waals surface area contributed by atoms with E-state index in [2.05, 4.69) is 15.1 Å². The third-order valence-electron chi connectivity index (χ3n) is 1.99. The van der Waals surface area contributed by atoms with Crippen molar-refractivity contribution in [3.05, 3.63) is 35.6 Å². The second kappa shape index (κ2) is 5.08. The third kappa shape index (κ3) is 2.91. The number of nitrogens with zero attached hydrogens (tertiary/aromatic N) is 3. The molecule has 0 aliphatic carbocycles. The normalized spacial score (nSPS) is 11.6. The van der Waals surface area contributed by atoms with Crippen LogP contribution in [0.5, 0.6) is 0 Å². The average molecular weight is 429 g/mol. The zero-order valence-electron chi connectivity index (χ0n) is 9.01. The van der Waals surface area contributed by atoms with Crippen LogP contribution < -0.4 is 0.735 Å². The second-order valence-electron chi connectivity index (χ2n) is 3.45. The minimum absolute atomic E-state index is 0.0243. The van der Waals surface area contributed by atoms with Crippen molar-refractivity contribution in [3.8, 4) is 0 Å². The van der Waals surface area contributed by atoms with Crippen molar-refractivity contribution in [1.29, 1.82) is 0 Å². The fraction of sp³-hybridized carbons (Fsp3) is 0.100. The molecule has 2 rings (SSSR count). The van der Waals surface area contributed by atoms with Crippen LogP contribution in [0.4, 0.5) is 0 Å². The van der Waals surface area contributed by atoms with Gasteiger partial charge in [0.2, 0.25) is 0 Å². The summed E-state index contributed by atoms with van der Waals surface area (Å²) in [6, 6.07) is 3.53. The molecule has 0 radical (unpaired) electrons. The van der Waals surface area contributed by atoms with Gasteiger partial charge >= 0.3 is 123 Å². The summed E-state index contributed by atoms with van der Waals surface area (Å²) < 4.78 is 6.00. The summed E-state index contributed by atoms with van der Waals surface area (Å²) in [5.41, 5.74) is 1.41. The van der Waals surface area contributed by atoms with E-state index in [1.807, 2.05) is 6.07 Å². The summed E-state index contributed by atoms with van der Waals surface area (Å²) >= 11 is 0.192. The molecule has 2 aromatic rings. The van der Waals surface area contributed by atoms with Gasteiger partial charge in [0.25, 0.3) is 0 Å². The van der Waals surface area contributed by atoms with E-state index in [1.165, 1.54) is 6.33 Å². The summed E-state index contributed by atoms with van der Waals surface area (Å²) in [6.45, 7) is 1.80. The van der Waals surface area contributed by atoms with Crippen molar-refractivity contribution in [2.75, 3.05) is 0 Å². The Morgan fingerprint density at radius 2 is 2.25 bits per heavy atom. The summed E-state index contributed by atoms with van der Waals surface area (Å²) in [5, 5.41) is 13.5. The van der Waals surface area contributed by atoms with Crippen LogP contribution >= 0.6 is 0 Å². The molecule has 78 valence electrons. The van der Waals surface area contributed by atoms with Gasteiger partial charge in [-0.15, -0.1) is 0 Å². The first-order chi connectivity index (χ1) is 7.65. The zero-order chi connectivity index (χ0) is 11.5. The Balaban J connectivity index is 2.31. The zero-order valence-corrected chi connectivity index (χ0v) is 17.2. The van der Waals surface area contributed by atoms with E-state index in [4.69, 9.17) is 4.52 Å². The molecule has 0 spiro atoms. The molecular weight excluding hydrogens is 420 g/mol. The molecule has 0 aromatic carbocycles. The molecule has 0 saturated carbocycles. The molecule has 0 fully saturated rings. The van der Waals surface area contributed by atoms with Crippen LogP contribution in [-0.4, -0.2) is 20.2 Å². The third-order valence-corrected chi connectivity index (χ3v) is 4.24. The molecule has 2 heterocycles. The van der Waals surface area contributed by atoms with Crippen LogP contribution in [0.25, 0.3) is 11.8 Å². The van der Waals surface area contributed by atoms with Gasteiger partial charge in [-0.2, -0.15) is 0 Å². The fourth-order valence-corrected chi connectivity index (χ4v) is 2.94. The number of aliphatic hydroxyl groups excluding tert-OH is 1. The molecule has 0 aliphatic heterocycles. The SMILES string of the molecule is Cc1cc(/C(O)=C/c2c[c]([RaH])ncn2)on1. The maximum absolute atomic E-state index is 9.76. The molecule has 0 bridgehead atoms. The van der Waals surface area contributed by atoms with Crippen LogP contribution in [0.15, 0.2) is 23.0 Å². The van der Waals surface area contributed by atoms with E-state index in [0.29, 0.717) is 11.5 Å². The van der Waals surface area contributed by atoms with Crippen molar-refractivity contribution < 1.29 is 52.4 Å². The van der Waals surface area contributed by atoms with Gasteiger partial charge in [-0.1, -0.05) is 0 Å². The van der Waals surface area contributed by atoms with E-state index >= 15 is 0 Å². The average Bonchev–Trinajstić information content (AvgIpc) is 2.65. The van der Waals surface area contributed by atoms with Crippen LogP contribution in [0.3, 0.4) is 0 Å². The predicted octanol–water partition coefficient (Wildman–Crippen LogP) is 0.736. The van der Waals surface area contributed by atoms with Gasteiger partial charge < -0.3 is 0 Å². The summed E-state index contributed by atoms with van der Waals surface area (Å²) in [5.74, 6) is 0.371. The number of hydrogen-bond donors (Lipinski definition) is 1. The number of hydrogen-bond acceptors (Lipinski definition) is 5. The summed E-state index contributed by atoms with van der Waals surface area (Å²) in [7, 11) is 0. The molecule has 2 aromatic heterocycles. The molecule has 0 saturated heterocycles. The topological polar surface area (TPSA) is 72.0 Å². The number of aryl methyl sites for hydroxylation is 1. The Hall–Kier alpha value is -0.702. The summed E-state index contributed by atoms with van der Waals surface area (Å²) in [6.07, 6.45) is 3.05. The number of aliphatic hydroxyl groups is 1. The van der Waals surface area contributed by atoms with Crippen molar-refractivity contribution >= 4 is 12.6 Å². The molecule has 1 N–H and O–H groups in total. The van der Waals surface area contributed by atoms with Gasteiger partial charge in [0.1, 0.15) is 0 Å². The van der Waals surface area contributed by atoms with Gasteiger partial charge in [0.15, 0.2) is 0 Å². The van der Waals surface area contributed by atoms with Gasteiger partial charge in [0, 0.05) is 0 Å². The second-order valence-corrected chi connectivity index (χ2v) is 7.66. The van der Waals surface area contributed by atoms with E-state index in [-0.39, 0.29) is 48.6 Å². The van der Waals surface area contributed by atoms with E-state index < -0.39 is 0 Å². The first-order valence-electron chi connectivity index (χ1n) is 4.78. The van der Waals surface area contributed by atoms with E-state index in [1.54, 1.807) is 19.1 Å². The van der Waals surface area contributed by atoms with Crippen LogP contribution in [-0.2, 0) is 0 Å². The maximum atomic E-state index is 9.76. The Morgan fingerprint density at radius 1 is 1.44 bits per heavy atom. The van der Waals surface area contributed by atoms with Crippen molar-refractivity contribution in [1.82, 2.24) is 15.1 Å². The van der Waals surface area contributed by atoms with Crippen LogP contribution in [0.1, 0.15) is 17.1 Å². The Labute approximate surface area is 121 Å². The Morgan fingerprint density at radius 3 is 2.88 bits per heavy atom. The van der Waals surface area contributed by atoms with Gasteiger partial charge in [-0.05, 0) is 0 Å². The quantitative estimate of drug-likeness (QED) is 0.714. The van der Waals surface area contributed by atoms with Crippen LogP contribution in [0.2, 0.25) is 0 Å². The van der Waals surface area contributed by atoms with Crippen molar-refractivity contribution in [2.24, 2.45) is 0 Å². The standard InChI is InChI=1S/C10H8N3O2.Ra.H/c1-7-4-10(15-13-7)9(14)5-8-2-3-11-6-12-8;;/h2,4-6,14H,1H3;;/b9-5-;;. The summed E-state index contributed by atoms with van der Waals surface area (Å²) in [4.78, 5) is 8.11. The Kier molecular flexibility index (Phi) is 3.74. The monoisotopic (exact) mass is 429 g/mol. The molecule has 0 amide bonds. The molecule has 5 nitrogen and oxygen atoms in total. The molecule has 0 unspecified atom stereocenters. The van der Waals surface area contributed by atoms with Crippen molar-refractivity contribution in [3.63, 3.8) is 0 Å². The number of aromatic nitrogens is 3. The molecule has 0 aliphatic rings. The van der Waals surface area contributed by atoms with E-state index in [0.717, 1.165) is 6.43 Å². The molecular formula is C10H9N3O2Ra. The van der Waals surface area contributed by atoms with Gasteiger partial charge in [-0.3, -0.25) is 0 Å². The van der Waals surface area contributed by atoms with Gasteiger partial charge in [-0.25, -0.2) is 0 Å². The van der Waals surface area contributed by atoms with E-state index in [9.17, 15) is 5.11 Å². The first-order valence-corrected chi connectivity index (χ1v) is 8.89. The molecule has 6 heteroatoms. The molecule has 0 atom stereocenters.